The minimum Gasteiger partial charge on any atom is -0.376 e. The molecule has 21 heavy (non-hydrogen) atoms. The predicted octanol–water partition coefficient (Wildman–Crippen LogP) is 5.89. The molecule has 1 atom stereocenters. The lowest BCUT2D eigenvalue weighted by atomic mass is 9.85. The van der Waals surface area contributed by atoms with Crippen molar-refractivity contribution in [2.24, 2.45) is 5.41 Å². The summed E-state index contributed by atoms with van der Waals surface area (Å²) in [6.07, 6.45) is 2.78. The second kappa shape index (κ2) is 5.45. The van der Waals surface area contributed by atoms with Gasteiger partial charge in [-0.05, 0) is 57.1 Å². The van der Waals surface area contributed by atoms with Crippen molar-refractivity contribution in [2.45, 2.75) is 26.3 Å². The lowest BCUT2D eigenvalue weighted by Crippen LogP contribution is -2.24. The van der Waals surface area contributed by atoms with Crippen molar-refractivity contribution in [2.75, 3.05) is 5.32 Å². The van der Waals surface area contributed by atoms with Crippen molar-refractivity contribution in [3.05, 3.63) is 56.2 Å². The third-order valence-corrected chi connectivity index (χ3v) is 5.32. The van der Waals surface area contributed by atoms with Gasteiger partial charge in [-0.15, -0.1) is 0 Å². The Balaban J connectivity index is 1.97. The van der Waals surface area contributed by atoms with E-state index < -0.39 is 0 Å². The summed E-state index contributed by atoms with van der Waals surface area (Å²) >= 11 is 15.5. The molecule has 0 radical (unpaired) electrons. The Bertz CT molecular complexity index is 701. The fraction of sp³-hybridized carbons (Fsp3) is 0.312. The number of aromatic nitrogens is 1. The predicted molar refractivity (Wildman–Crippen MR) is 92.2 cm³/mol. The highest BCUT2D eigenvalue weighted by Gasteiger charge is 2.39. The zero-order valence-corrected chi connectivity index (χ0v) is 14.9. The van der Waals surface area contributed by atoms with E-state index in [-0.39, 0.29) is 11.5 Å². The van der Waals surface area contributed by atoms with Crippen molar-refractivity contribution >= 4 is 44.8 Å². The average molecular weight is 386 g/mol. The fourth-order valence-corrected chi connectivity index (χ4v) is 3.58. The topological polar surface area (TPSA) is 24.9 Å². The molecule has 2 aromatic rings. The highest BCUT2D eigenvalue weighted by atomic mass is 79.9. The van der Waals surface area contributed by atoms with E-state index in [1.165, 1.54) is 11.1 Å². The van der Waals surface area contributed by atoms with Gasteiger partial charge in [0.25, 0.3) is 0 Å². The Morgan fingerprint density at radius 1 is 1.29 bits per heavy atom. The zero-order chi connectivity index (χ0) is 15.2. The Morgan fingerprint density at radius 2 is 2.05 bits per heavy atom. The van der Waals surface area contributed by atoms with Gasteiger partial charge in [-0.25, -0.2) is 4.98 Å². The monoisotopic (exact) mass is 384 g/mol. The van der Waals surface area contributed by atoms with Gasteiger partial charge in [0.1, 0.15) is 5.15 Å². The SMILES string of the molecule is CC1(C)Cc2ccc(Cl)cc2C1Nc1cnc(Cl)c(Br)c1. The van der Waals surface area contributed by atoms with Gasteiger partial charge in [-0.3, -0.25) is 0 Å². The van der Waals surface area contributed by atoms with Gasteiger partial charge in [0, 0.05) is 5.02 Å². The summed E-state index contributed by atoms with van der Waals surface area (Å²) in [6, 6.07) is 8.28. The van der Waals surface area contributed by atoms with Crippen molar-refractivity contribution in [3.63, 3.8) is 0 Å². The molecule has 1 aliphatic carbocycles. The van der Waals surface area contributed by atoms with Crippen LogP contribution in [0.1, 0.15) is 31.0 Å². The zero-order valence-electron chi connectivity index (χ0n) is 11.8. The number of nitrogens with one attached hydrogen (secondary N) is 1. The highest BCUT2D eigenvalue weighted by Crippen LogP contribution is 2.47. The number of fused-ring (bicyclic) bond motifs is 1. The Morgan fingerprint density at radius 3 is 2.76 bits per heavy atom. The van der Waals surface area contributed by atoms with E-state index in [1.807, 2.05) is 12.1 Å². The van der Waals surface area contributed by atoms with Gasteiger partial charge in [-0.2, -0.15) is 0 Å². The Hall–Kier alpha value is -0.770. The van der Waals surface area contributed by atoms with Crippen LogP contribution in [0, 0.1) is 5.41 Å². The van der Waals surface area contributed by atoms with Crippen LogP contribution in [0.15, 0.2) is 34.9 Å². The summed E-state index contributed by atoms with van der Waals surface area (Å²) in [5.74, 6) is 0. The third kappa shape index (κ3) is 2.92. The number of hydrogen-bond acceptors (Lipinski definition) is 2. The molecule has 3 rings (SSSR count). The number of benzene rings is 1. The molecule has 0 aliphatic heterocycles. The molecule has 0 saturated carbocycles. The van der Waals surface area contributed by atoms with E-state index in [0.717, 1.165) is 21.6 Å². The van der Waals surface area contributed by atoms with E-state index >= 15 is 0 Å². The largest absolute Gasteiger partial charge is 0.376 e. The number of rotatable bonds is 2. The molecule has 0 bridgehead atoms. The molecule has 5 heteroatoms. The summed E-state index contributed by atoms with van der Waals surface area (Å²) in [6.45, 7) is 4.52. The Labute approximate surface area is 143 Å². The number of hydrogen-bond donors (Lipinski definition) is 1. The number of anilines is 1. The quantitative estimate of drug-likeness (QED) is 0.652. The van der Waals surface area contributed by atoms with Crippen LogP contribution in [0.3, 0.4) is 0 Å². The van der Waals surface area contributed by atoms with Crippen LogP contribution >= 0.6 is 39.1 Å². The van der Waals surface area contributed by atoms with Gasteiger partial charge in [0.2, 0.25) is 0 Å². The molecule has 0 saturated heterocycles. The maximum absolute atomic E-state index is 6.17. The fourth-order valence-electron chi connectivity index (χ4n) is 2.95. The van der Waals surface area contributed by atoms with Crippen LogP contribution in [0.4, 0.5) is 5.69 Å². The first-order chi connectivity index (χ1) is 9.87. The molecule has 1 aromatic carbocycles. The van der Waals surface area contributed by atoms with Crippen LogP contribution in [0.2, 0.25) is 10.2 Å². The molecule has 2 nitrogen and oxygen atoms in total. The maximum atomic E-state index is 6.17. The molecule has 110 valence electrons. The highest BCUT2D eigenvalue weighted by molar-refractivity contribution is 9.10. The van der Waals surface area contributed by atoms with E-state index in [9.17, 15) is 0 Å². The molecule has 1 heterocycles. The molecular formula is C16H15BrCl2N2. The second-order valence-electron chi connectivity index (χ2n) is 6.08. The van der Waals surface area contributed by atoms with Crippen LogP contribution < -0.4 is 5.32 Å². The van der Waals surface area contributed by atoms with Crippen molar-refractivity contribution in [1.29, 1.82) is 0 Å². The summed E-state index contributed by atoms with van der Waals surface area (Å²) in [5, 5.41) is 4.81. The second-order valence-corrected chi connectivity index (χ2v) is 7.73. The van der Waals surface area contributed by atoms with Gasteiger partial charge in [0.15, 0.2) is 0 Å². The van der Waals surface area contributed by atoms with Crippen LogP contribution in [0.5, 0.6) is 0 Å². The molecule has 1 unspecified atom stereocenters. The maximum Gasteiger partial charge on any atom is 0.143 e. The third-order valence-electron chi connectivity index (χ3n) is 3.95. The smallest absolute Gasteiger partial charge is 0.143 e. The van der Waals surface area contributed by atoms with Gasteiger partial charge in [0.05, 0.1) is 22.4 Å². The lowest BCUT2D eigenvalue weighted by molar-refractivity contribution is 0.337. The number of pyridine rings is 1. The summed E-state index contributed by atoms with van der Waals surface area (Å²) in [4.78, 5) is 4.17. The van der Waals surface area contributed by atoms with Gasteiger partial charge >= 0.3 is 0 Å². The minimum absolute atomic E-state index is 0.110. The van der Waals surface area contributed by atoms with Crippen molar-refractivity contribution in [3.8, 4) is 0 Å². The van der Waals surface area contributed by atoms with Crippen LogP contribution in [-0.4, -0.2) is 4.98 Å². The van der Waals surface area contributed by atoms with E-state index in [1.54, 1.807) is 6.20 Å². The number of halogens is 3. The van der Waals surface area contributed by atoms with Gasteiger partial charge < -0.3 is 5.32 Å². The average Bonchev–Trinajstić information content (AvgIpc) is 2.65. The first-order valence-electron chi connectivity index (χ1n) is 6.73. The first kappa shape index (κ1) is 15.1. The molecule has 0 spiro atoms. The normalized spacial score (nSPS) is 19.4. The van der Waals surface area contributed by atoms with E-state index in [4.69, 9.17) is 23.2 Å². The number of nitrogens with zero attached hydrogens (tertiary/aromatic N) is 1. The van der Waals surface area contributed by atoms with E-state index in [2.05, 4.69) is 52.2 Å². The Kier molecular flexibility index (Phi) is 3.93. The van der Waals surface area contributed by atoms with Crippen molar-refractivity contribution in [1.82, 2.24) is 4.98 Å². The van der Waals surface area contributed by atoms with E-state index in [0.29, 0.717) is 5.15 Å². The van der Waals surface area contributed by atoms with Crippen LogP contribution in [0.25, 0.3) is 0 Å². The summed E-state index contributed by atoms with van der Waals surface area (Å²) < 4.78 is 0.788. The molecule has 1 N–H and O–H groups in total. The first-order valence-corrected chi connectivity index (χ1v) is 8.27. The van der Waals surface area contributed by atoms with Gasteiger partial charge in [-0.1, -0.05) is 43.1 Å². The molecular weight excluding hydrogens is 371 g/mol. The lowest BCUT2D eigenvalue weighted by Gasteiger charge is -2.29. The molecule has 0 amide bonds. The van der Waals surface area contributed by atoms with Crippen molar-refractivity contribution < 1.29 is 0 Å². The molecule has 0 fully saturated rings. The summed E-state index contributed by atoms with van der Waals surface area (Å²) in [7, 11) is 0. The van der Waals surface area contributed by atoms with Crippen LogP contribution in [-0.2, 0) is 6.42 Å². The molecule has 1 aromatic heterocycles. The molecule has 1 aliphatic rings. The standard InChI is InChI=1S/C16H15BrCl2N2/c1-16(2)7-9-3-4-10(18)5-12(9)14(16)21-11-6-13(17)15(19)20-8-11/h3-6,8,14,21H,7H2,1-2H3. The minimum atomic E-state index is 0.110. The summed E-state index contributed by atoms with van der Waals surface area (Å²) in [5.41, 5.74) is 3.66.